The molecule has 0 saturated carbocycles. The van der Waals surface area contributed by atoms with Gasteiger partial charge in [-0.15, -0.1) is 0 Å². The molecule has 0 aromatic carbocycles. The lowest BCUT2D eigenvalue weighted by atomic mass is 10.1. The molecule has 9 nitrogen and oxygen atoms in total. The molecule has 0 unspecified atom stereocenters. The molecule has 2 amide bonds. The fourth-order valence-electron chi connectivity index (χ4n) is 3.63. The van der Waals surface area contributed by atoms with E-state index in [1.807, 2.05) is 31.3 Å². The van der Waals surface area contributed by atoms with E-state index in [2.05, 4.69) is 24.7 Å². The molecule has 4 heterocycles. The van der Waals surface area contributed by atoms with Crippen molar-refractivity contribution < 1.29 is 9.53 Å². The summed E-state index contributed by atoms with van der Waals surface area (Å²) in [7, 11) is 1.88. The van der Waals surface area contributed by atoms with Crippen LogP contribution in [0.5, 0.6) is 0 Å². The maximum atomic E-state index is 12.8. The van der Waals surface area contributed by atoms with Gasteiger partial charge in [-0.3, -0.25) is 4.68 Å². The third-order valence-electron chi connectivity index (χ3n) is 5.02. The van der Waals surface area contributed by atoms with E-state index in [1.54, 1.807) is 4.68 Å². The van der Waals surface area contributed by atoms with Gasteiger partial charge >= 0.3 is 6.03 Å². The first-order valence-corrected chi connectivity index (χ1v) is 10.1. The van der Waals surface area contributed by atoms with E-state index in [1.165, 1.54) is 11.5 Å². The average Bonchev–Trinajstić information content (AvgIpc) is 3.33. The molecule has 1 N–H and O–H groups in total. The number of amides is 2. The molecule has 0 spiro atoms. The second-order valence-corrected chi connectivity index (χ2v) is 7.77. The summed E-state index contributed by atoms with van der Waals surface area (Å²) >= 11 is 1.42. The van der Waals surface area contributed by atoms with Crippen LogP contribution in [-0.2, 0) is 11.8 Å². The minimum absolute atomic E-state index is 0.0188. The standard InChI is InChI=1S/C17H25N7O2S/c1-12-19-17(27-21-12)24-6-3-5-23(7-8-24)16(25)20-14-4-9-26-15(14)13-10-18-22(2)11-13/h10-11,14-15H,3-9H2,1-2H3,(H,20,25)/t14-,15+/m1/s1. The van der Waals surface area contributed by atoms with E-state index in [0.717, 1.165) is 49.0 Å². The second kappa shape index (κ2) is 7.81. The fraction of sp³-hybridized carbons (Fsp3) is 0.647. The number of anilines is 1. The Balaban J connectivity index is 1.35. The van der Waals surface area contributed by atoms with Gasteiger partial charge in [-0.2, -0.15) is 9.47 Å². The zero-order chi connectivity index (χ0) is 18.8. The van der Waals surface area contributed by atoms with Gasteiger partial charge in [-0.25, -0.2) is 9.78 Å². The number of carbonyl (C=O) groups is 1. The van der Waals surface area contributed by atoms with Crippen LogP contribution in [0.15, 0.2) is 12.4 Å². The Morgan fingerprint density at radius 3 is 2.96 bits per heavy atom. The molecule has 10 heteroatoms. The van der Waals surface area contributed by atoms with Crippen LogP contribution in [0.2, 0.25) is 0 Å². The van der Waals surface area contributed by atoms with Gasteiger partial charge in [-0.05, 0) is 19.8 Å². The molecule has 0 bridgehead atoms. The monoisotopic (exact) mass is 391 g/mol. The molecule has 2 saturated heterocycles. The zero-order valence-corrected chi connectivity index (χ0v) is 16.5. The fourth-order valence-corrected chi connectivity index (χ4v) is 4.35. The van der Waals surface area contributed by atoms with Gasteiger partial charge in [0.1, 0.15) is 11.9 Å². The SMILES string of the molecule is Cc1nsc(N2CCCN(C(=O)N[C@@H]3CCO[C@H]3c3cnn(C)c3)CC2)n1. The van der Waals surface area contributed by atoms with E-state index < -0.39 is 0 Å². The first-order chi connectivity index (χ1) is 13.1. The van der Waals surface area contributed by atoms with Gasteiger partial charge in [0.05, 0.1) is 12.2 Å². The summed E-state index contributed by atoms with van der Waals surface area (Å²) in [5, 5.41) is 8.33. The first-order valence-electron chi connectivity index (χ1n) is 9.31. The highest BCUT2D eigenvalue weighted by Gasteiger charge is 2.33. The van der Waals surface area contributed by atoms with Gasteiger partial charge in [0.2, 0.25) is 5.13 Å². The predicted molar refractivity (Wildman–Crippen MR) is 102 cm³/mol. The van der Waals surface area contributed by atoms with Crippen LogP contribution in [0.25, 0.3) is 0 Å². The normalized spacial score (nSPS) is 23.5. The molecule has 2 aromatic heterocycles. The number of hydrogen-bond donors (Lipinski definition) is 1. The zero-order valence-electron chi connectivity index (χ0n) is 15.7. The average molecular weight is 392 g/mol. The lowest BCUT2D eigenvalue weighted by Gasteiger charge is -2.25. The molecule has 2 atom stereocenters. The Bertz CT molecular complexity index is 792. The van der Waals surface area contributed by atoms with E-state index in [4.69, 9.17) is 4.74 Å². The number of carbonyl (C=O) groups excluding carboxylic acids is 1. The lowest BCUT2D eigenvalue weighted by molar-refractivity contribution is 0.0981. The van der Waals surface area contributed by atoms with Crippen molar-refractivity contribution in [1.82, 2.24) is 29.4 Å². The van der Waals surface area contributed by atoms with E-state index in [0.29, 0.717) is 13.2 Å². The topological polar surface area (TPSA) is 88.4 Å². The highest BCUT2D eigenvalue weighted by Crippen LogP contribution is 2.29. The number of aryl methyl sites for hydroxylation is 2. The lowest BCUT2D eigenvalue weighted by Crippen LogP contribution is -2.47. The third kappa shape index (κ3) is 4.06. The smallest absolute Gasteiger partial charge is 0.317 e. The highest BCUT2D eigenvalue weighted by atomic mass is 32.1. The summed E-state index contributed by atoms with van der Waals surface area (Å²) in [6, 6.07) is -0.0402. The van der Waals surface area contributed by atoms with Crippen molar-refractivity contribution in [2.45, 2.75) is 31.9 Å². The molecular formula is C17H25N7O2S. The number of aromatic nitrogens is 4. The number of rotatable bonds is 3. The van der Waals surface area contributed by atoms with Gasteiger partial charge in [0, 0.05) is 63.1 Å². The molecule has 0 radical (unpaired) electrons. The van der Waals surface area contributed by atoms with Crippen LogP contribution in [0, 0.1) is 6.92 Å². The molecule has 2 aromatic rings. The van der Waals surface area contributed by atoms with Crippen molar-refractivity contribution in [2.75, 3.05) is 37.7 Å². The maximum absolute atomic E-state index is 12.8. The molecule has 2 fully saturated rings. The van der Waals surface area contributed by atoms with Gasteiger partial charge in [-0.1, -0.05) is 0 Å². The van der Waals surface area contributed by atoms with E-state index in [-0.39, 0.29) is 18.2 Å². The number of hydrogen-bond acceptors (Lipinski definition) is 7. The molecule has 4 rings (SSSR count). The minimum Gasteiger partial charge on any atom is -0.371 e. The molecule has 27 heavy (non-hydrogen) atoms. The van der Waals surface area contributed by atoms with Crippen molar-refractivity contribution in [3.05, 3.63) is 23.8 Å². The van der Waals surface area contributed by atoms with Crippen LogP contribution in [0.3, 0.4) is 0 Å². The Hall–Kier alpha value is -2.20. The summed E-state index contributed by atoms with van der Waals surface area (Å²) in [5.41, 5.74) is 1.01. The number of urea groups is 1. The largest absolute Gasteiger partial charge is 0.371 e. The van der Waals surface area contributed by atoms with Crippen LogP contribution in [0.4, 0.5) is 9.93 Å². The van der Waals surface area contributed by atoms with Crippen LogP contribution in [0.1, 0.15) is 30.3 Å². The molecule has 146 valence electrons. The van der Waals surface area contributed by atoms with Crippen LogP contribution < -0.4 is 10.2 Å². The highest BCUT2D eigenvalue weighted by molar-refractivity contribution is 7.09. The molecule has 2 aliphatic heterocycles. The van der Waals surface area contributed by atoms with E-state index in [9.17, 15) is 4.79 Å². The number of ether oxygens (including phenoxy) is 1. The maximum Gasteiger partial charge on any atom is 0.317 e. The number of nitrogens with one attached hydrogen (secondary N) is 1. The Kier molecular flexibility index (Phi) is 5.26. The van der Waals surface area contributed by atoms with Crippen molar-refractivity contribution in [3.8, 4) is 0 Å². The first kappa shape index (κ1) is 18.2. The third-order valence-corrected chi connectivity index (χ3v) is 5.89. The Morgan fingerprint density at radius 1 is 1.33 bits per heavy atom. The van der Waals surface area contributed by atoms with Crippen molar-refractivity contribution in [2.24, 2.45) is 7.05 Å². The molecule has 2 aliphatic rings. The van der Waals surface area contributed by atoms with E-state index >= 15 is 0 Å². The van der Waals surface area contributed by atoms with Gasteiger partial charge in [0.15, 0.2) is 0 Å². The van der Waals surface area contributed by atoms with Gasteiger partial charge < -0.3 is 19.9 Å². The predicted octanol–water partition coefficient (Wildman–Crippen LogP) is 1.33. The van der Waals surface area contributed by atoms with Gasteiger partial charge in [0.25, 0.3) is 0 Å². The summed E-state index contributed by atoms with van der Waals surface area (Å²) in [5.74, 6) is 0.802. The number of nitrogens with zero attached hydrogens (tertiary/aromatic N) is 6. The summed E-state index contributed by atoms with van der Waals surface area (Å²) < 4.78 is 11.9. The summed E-state index contributed by atoms with van der Waals surface area (Å²) in [6.07, 6.45) is 5.36. The summed E-state index contributed by atoms with van der Waals surface area (Å²) in [4.78, 5) is 21.4. The van der Waals surface area contributed by atoms with Crippen LogP contribution >= 0.6 is 11.5 Å². The molecule has 0 aliphatic carbocycles. The van der Waals surface area contributed by atoms with Crippen molar-refractivity contribution in [1.29, 1.82) is 0 Å². The Labute approximate surface area is 162 Å². The van der Waals surface area contributed by atoms with Crippen molar-refractivity contribution >= 4 is 22.7 Å². The van der Waals surface area contributed by atoms with Crippen LogP contribution in [-0.4, -0.2) is 68.9 Å². The molecular weight excluding hydrogens is 366 g/mol. The summed E-state index contributed by atoms with van der Waals surface area (Å²) in [6.45, 7) is 5.63. The Morgan fingerprint density at radius 2 is 2.22 bits per heavy atom. The van der Waals surface area contributed by atoms with Crippen molar-refractivity contribution in [3.63, 3.8) is 0 Å². The minimum atomic E-state index is -0.129. The quantitative estimate of drug-likeness (QED) is 0.849. The second-order valence-electron chi connectivity index (χ2n) is 7.04.